The second-order valence-electron chi connectivity index (χ2n) is 6.57. The quantitative estimate of drug-likeness (QED) is 0.889. The van der Waals surface area contributed by atoms with Crippen LogP contribution >= 0.6 is 11.3 Å². The Morgan fingerprint density at radius 3 is 2.71 bits per heavy atom. The maximum Gasteiger partial charge on any atom is 0.321 e. The molecule has 2 aromatic rings. The van der Waals surface area contributed by atoms with Crippen LogP contribution < -0.4 is 10.6 Å². The molecule has 0 radical (unpaired) electrons. The number of carbonyl (C=O) groups is 1. The molecule has 126 valence electrons. The van der Waals surface area contributed by atoms with Crippen LogP contribution in [0, 0.1) is 5.41 Å². The minimum Gasteiger partial charge on any atom is -0.381 e. The maximum atomic E-state index is 12.3. The molecule has 6 heteroatoms. The third-order valence-corrected chi connectivity index (χ3v) is 6.02. The number of carbonyl (C=O) groups excluding carboxylic acids is 1. The molecule has 1 saturated heterocycles. The van der Waals surface area contributed by atoms with E-state index in [1.54, 1.807) is 0 Å². The number of amides is 2. The van der Waals surface area contributed by atoms with Gasteiger partial charge in [-0.15, -0.1) is 11.3 Å². The number of anilines is 1. The highest BCUT2D eigenvalue weighted by Gasteiger charge is 2.48. The largest absolute Gasteiger partial charge is 0.381 e. The Kier molecular flexibility index (Phi) is 4.24. The van der Waals surface area contributed by atoms with Crippen LogP contribution in [0.25, 0.3) is 11.3 Å². The Hall–Kier alpha value is -1.92. The number of ether oxygens (including phenoxy) is 1. The van der Waals surface area contributed by atoms with E-state index in [4.69, 9.17) is 4.74 Å². The lowest BCUT2D eigenvalue weighted by molar-refractivity contribution is -0.0507. The minimum absolute atomic E-state index is 0.153. The fraction of sp³-hybridized carbons (Fsp3) is 0.444. The standard InChI is InChI=1S/C18H21N3O2S/c22-16(20-15-6-7-18(15)8-10-23-11-9-18)21-17-19-14(12-24-17)13-4-2-1-3-5-13/h1-5,12,15H,6-11H2,(H2,19,20,21,22). The van der Waals surface area contributed by atoms with Gasteiger partial charge < -0.3 is 10.1 Å². The predicted molar refractivity (Wildman–Crippen MR) is 95.2 cm³/mol. The van der Waals surface area contributed by atoms with Crippen molar-refractivity contribution in [3.63, 3.8) is 0 Å². The summed E-state index contributed by atoms with van der Waals surface area (Å²) in [7, 11) is 0. The SMILES string of the molecule is O=C(Nc1nc(-c2ccccc2)cs1)NC1CCC12CCOCC2. The Bertz CT molecular complexity index is 710. The molecule has 2 aliphatic rings. The Balaban J connectivity index is 1.36. The number of thiazole rings is 1. The topological polar surface area (TPSA) is 63.2 Å². The van der Waals surface area contributed by atoms with Gasteiger partial charge in [0.15, 0.2) is 5.13 Å². The van der Waals surface area contributed by atoms with Gasteiger partial charge in [-0.25, -0.2) is 9.78 Å². The van der Waals surface area contributed by atoms with E-state index in [1.807, 2.05) is 35.7 Å². The van der Waals surface area contributed by atoms with Gasteiger partial charge in [0.2, 0.25) is 0 Å². The molecule has 2 heterocycles. The third-order valence-electron chi connectivity index (χ3n) is 5.26. The molecule has 1 aliphatic heterocycles. The molecule has 0 bridgehead atoms. The van der Waals surface area contributed by atoms with Crippen LogP contribution in [0.3, 0.4) is 0 Å². The summed E-state index contributed by atoms with van der Waals surface area (Å²) in [4.78, 5) is 16.8. The molecule has 5 nitrogen and oxygen atoms in total. The molecule has 2 amide bonds. The smallest absolute Gasteiger partial charge is 0.321 e. The van der Waals surface area contributed by atoms with E-state index in [1.165, 1.54) is 17.8 Å². The van der Waals surface area contributed by atoms with E-state index in [-0.39, 0.29) is 17.5 Å². The van der Waals surface area contributed by atoms with Gasteiger partial charge in [0.05, 0.1) is 5.69 Å². The van der Waals surface area contributed by atoms with Crippen molar-refractivity contribution in [2.24, 2.45) is 5.41 Å². The van der Waals surface area contributed by atoms with Crippen molar-refractivity contribution in [1.29, 1.82) is 0 Å². The van der Waals surface area contributed by atoms with E-state index in [9.17, 15) is 4.79 Å². The summed E-state index contributed by atoms with van der Waals surface area (Å²) in [5.41, 5.74) is 2.20. The highest BCUT2D eigenvalue weighted by atomic mass is 32.1. The molecule has 1 saturated carbocycles. The summed E-state index contributed by atoms with van der Waals surface area (Å²) in [6, 6.07) is 10.1. The molecule has 1 aliphatic carbocycles. The first kappa shape index (κ1) is 15.6. The van der Waals surface area contributed by atoms with Crippen molar-refractivity contribution in [3.8, 4) is 11.3 Å². The zero-order chi connectivity index (χ0) is 16.4. The number of rotatable bonds is 3. The van der Waals surface area contributed by atoms with Crippen molar-refractivity contribution >= 4 is 22.5 Å². The van der Waals surface area contributed by atoms with Gasteiger partial charge in [0.1, 0.15) is 0 Å². The van der Waals surface area contributed by atoms with Crippen molar-refractivity contribution in [2.75, 3.05) is 18.5 Å². The predicted octanol–water partition coefficient (Wildman–Crippen LogP) is 3.89. The number of hydrogen-bond acceptors (Lipinski definition) is 4. The van der Waals surface area contributed by atoms with Crippen LogP contribution in [0.4, 0.5) is 9.93 Å². The number of nitrogens with one attached hydrogen (secondary N) is 2. The molecule has 1 unspecified atom stereocenters. The monoisotopic (exact) mass is 343 g/mol. The second kappa shape index (κ2) is 6.53. The number of aromatic nitrogens is 1. The lowest BCUT2D eigenvalue weighted by Gasteiger charge is -2.51. The molecule has 1 spiro atoms. The van der Waals surface area contributed by atoms with Crippen LogP contribution in [0.15, 0.2) is 35.7 Å². The highest BCUT2D eigenvalue weighted by molar-refractivity contribution is 7.14. The van der Waals surface area contributed by atoms with E-state index >= 15 is 0 Å². The Morgan fingerprint density at radius 1 is 1.21 bits per heavy atom. The zero-order valence-corrected chi connectivity index (χ0v) is 14.3. The molecular formula is C18H21N3O2S. The van der Waals surface area contributed by atoms with E-state index in [0.717, 1.165) is 43.7 Å². The molecule has 1 atom stereocenters. The van der Waals surface area contributed by atoms with Gasteiger partial charge in [-0.3, -0.25) is 5.32 Å². The van der Waals surface area contributed by atoms with Crippen LogP contribution in [0.1, 0.15) is 25.7 Å². The van der Waals surface area contributed by atoms with Crippen LogP contribution in [-0.4, -0.2) is 30.3 Å². The zero-order valence-electron chi connectivity index (χ0n) is 13.5. The normalized spacial score (nSPS) is 21.9. The number of hydrogen-bond donors (Lipinski definition) is 2. The Labute approximate surface area is 145 Å². The fourth-order valence-corrected chi connectivity index (χ4v) is 4.38. The highest BCUT2D eigenvalue weighted by Crippen LogP contribution is 2.48. The van der Waals surface area contributed by atoms with Crippen molar-refractivity contribution in [1.82, 2.24) is 10.3 Å². The molecule has 2 fully saturated rings. The summed E-state index contributed by atoms with van der Waals surface area (Å²) in [5.74, 6) is 0. The number of nitrogens with zero attached hydrogens (tertiary/aromatic N) is 1. The Morgan fingerprint density at radius 2 is 2.00 bits per heavy atom. The summed E-state index contributed by atoms with van der Waals surface area (Å²) in [5, 5.41) is 8.61. The van der Waals surface area contributed by atoms with E-state index < -0.39 is 0 Å². The van der Waals surface area contributed by atoms with Gasteiger partial charge >= 0.3 is 6.03 Å². The maximum absolute atomic E-state index is 12.3. The second-order valence-corrected chi connectivity index (χ2v) is 7.43. The first-order valence-electron chi connectivity index (χ1n) is 8.41. The lowest BCUT2D eigenvalue weighted by Crippen LogP contribution is -2.57. The summed E-state index contributed by atoms with van der Waals surface area (Å²) < 4.78 is 5.46. The van der Waals surface area contributed by atoms with Crippen molar-refractivity contribution in [2.45, 2.75) is 31.7 Å². The molecular weight excluding hydrogens is 322 g/mol. The van der Waals surface area contributed by atoms with Gasteiger partial charge in [-0.2, -0.15) is 0 Å². The third kappa shape index (κ3) is 3.03. The van der Waals surface area contributed by atoms with Crippen LogP contribution in [0.5, 0.6) is 0 Å². The average Bonchev–Trinajstić information content (AvgIpc) is 3.09. The fourth-order valence-electron chi connectivity index (χ4n) is 3.66. The van der Waals surface area contributed by atoms with Crippen LogP contribution in [-0.2, 0) is 4.74 Å². The first-order chi connectivity index (χ1) is 11.8. The number of benzene rings is 1. The van der Waals surface area contributed by atoms with Gasteiger partial charge in [0.25, 0.3) is 0 Å². The lowest BCUT2D eigenvalue weighted by atomic mass is 9.60. The molecule has 1 aromatic heterocycles. The number of urea groups is 1. The summed E-state index contributed by atoms with van der Waals surface area (Å²) in [6.07, 6.45) is 4.35. The first-order valence-corrected chi connectivity index (χ1v) is 9.29. The van der Waals surface area contributed by atoms with E-state index in [2.05, 4.69) is 15.6 Å². The van der Waals surface area contributed by atoms with Crippen LogP contribution in [0.2, 0.25) is 0 Å². The molecule has 4 rings (SSSR count). The minimum atomic E-state index is -0.153. The average molecular weight is 343 g/mol. The van der Waals surface area contributed by atoms with Gasteiger partial charge in [-0.1, -0.05) is 30.3 Å². The van der Waals surface area contributed by atoms with Crippen molar-refractivity contribution < 1.29 is 9.53 Å². The summed E-state index contributed by atoms with van der Waals surface area (Å²) in [6.45, 7) is 1.62. The van der Waals surface area contributed by atoms with Gasteiger partial charge in [0, 0.05) is 30.2 Å². The van der Waals surface area contributed by atoms with Crippen molar-refractivity contribution in [3.05, 3.63) is 35.7 Å². The van der Waals surface area contributed by atoms with Gasteiger partial charge in [-0.05, 0) is 31.1 Å². The van der Waals surface area contributed by atoms with E-state index in [0.29, 0.717) is 5.13 Å². The summed E-state index contributed by atoms with van der Waals surface area (Å²) >= 11 is 1.45. The molecule has 1 aromatic carbocycles. The molecule has 24 heavy (non-hydrogen) atoms. The molecule has 2 N–H and O–H groups in total.